The van der Waals surface area contributed by atoms with Gasteiger partial charge in [0, 0.05) is 23.7 Å². The SMILES string of the molecule is CCOC(=O)c1ccc2c(n1)CCCC2NC(Cc1ccccc1OCc1ccc(-c2nc3cc(C)ccc3o2)cc1)C(=O)OC(C)(C)C. The van der Waals surface area contributed by atoms with E-state index in [0.29, 0.717) is 30.4 Å². The van der Waals surface area contributed by atoms with Crippen molar-refractivity contribution in [2.75, 3.05) is 6.61 Å². The second-order valence-electron chi connectivity index (χ2n) is 13.4. The summed E-state index contributed by atoms with van der Waals surface area (Å²) in [4.78, 5) is 35.3. The average Bonchev–Trinajstić information content (AvgIpc) is 3.50. The summed E-state index contributed by atoms with van der Waals surface area (Å²) in [7, 11) is 0. The van der Waals surface area contributed by atoms with Crippen LogP contribution < -0.4 is 10.1 Å². The molecule has 2 atom stereocenters. The molecule has 254 valence electrons. The predicted molar refractivity (Wildman–Crippen MR) is 187 cm³/mol. The van der Waals surface area contributed by atoms with E-state index in [0.717, 1.165) is 63.9 Å². The molecule has 3 aromatic carbocycles. The van der Waals surface area contributed by atoms with Crippen molar-refractivity contribution in [1.29, 1.82) is 0 Å². The van der Waals surface area contributed by atoms with E-state index in [1.54, 1.807) is 13.0 Å². The number of rotatable bonds is 11. The van der Waals surface area contributed by atoms with E-state index in [1.165, 1.54) is 0 Å². The quantitative estimate of drug-likeness (QED) is 0.141. The minimum Gasteiger partial charge on any atom is -0.489 e. The highest BCUT2D eigenvalue weighted by Crippen LogP contribution is 2.31. The van der Waals surface area contributed by atoms with E-state index in [-0.39, 0.29) is 18.6 Å². The van der Waals surface area contributed by atoms with Gasteiger partial charge < -0.3 is 18.6 Å². The Kier molecular flexibility index (Phi) is 10.1. The summed E-state index contributed by atoms with van der Waals surface area (Å²) in [6, 6.07) is 24.6. The molecule has 49 heavy (non-hydrogen) atoms. The van der Waals surface area contributed by atoms with E-state index < -0.39 is 17.6 Å². The standard InChI is InChI=1S/C40H43N3O6/c1-6-46-38(44)32-20-19-29-30(41-32)11-9-12-31(29)42-34(39(45)49-40(3,4)5)23-28-10-7-8-13-35(28)47-24-26-15-17-27(18-16-26)37-43-33-22-25(2)14-21-36(33)48-37/h7-8,10,13-22,31,34,42H,6,9,11-12,23-24H2,1-5H3. The Bertz CT molecular complexity index is 1940. The average molecular weight is 662 g/mol. The summed E-state index contributed by atoms with van der Waals surface area (Å²) in [6.07, 6.45) is 2.81. The first-order valence-corrected chi connectivity index (χ1v) is 16.9. The van der Waals surface area contributed by atoms with Crippen molar-refractivity contribution in [2.24, 2.45) is 0 Å². The van der Waals surface area contributed by atoms with Crippen LogP contribution in [-0.4, -0.2) is 40.2 Å². The molecule has 1 aliphatic carbocycles. The molecule has 1 aliphatic rings. The lowest BCUT2D eigenvalue weighted by Gasteiger charge is -2.31. The number of nitrogens with zero attached hydrogens (tertiary/aromatic N) is 2. The van der Waals surface area contributed by atoms with Crippen LogP contribution >= 0.6 is 0 Å². The van der Waals surface area contributed by atoms with Crippen LogP contribution in [0.4, 0.5) is 0 Å². The summed E-state index contributed by atoms with van der Waals surface area (Å²) >= 11 is 0. The molecule has 1 N–H and O–H groups in total. The third-order valence-corrected chi connectivity index (χ3v) is 8.40. The maximum Gasteiger partial charge on any atom is 0.356 e. The number of hydrogen-bond donors (Lipinski definition) is 1. The first kappa shape index (κ1) is 33.9. The van der Waals surface area contributed by atoms with Gasteiger partial charge in [-0.2, -0.15) is 0 Å². The molecule has 0 saturated carbocycles. The van der Waals surface area contributed by atoms with Crippen molar-refractivity contribution in [3.63, 3.8) is 0 Å². The van der Waals surface area contributed by atoms with Crippen molar-refractivity contribution in [3.05, 3.63) is 113 Å². The number of esters is 2. The molecule has 2 unspecified atom stereocenters. The molecule has 9 nitrogen and oxygen atoms in total. The van der Waals surface area contributed by atoms with E-state index in [4.69, 9.17) is 18.6 Å². The van der Waals surface area contributed by atoms with Gasteiger partial charge in [-0.3, -0.25) is 10.1 Å². The molecular formula is C40H43N3O6. The molecule has 2 heterocycles. The molecular weight excluding hydrogens is 618 g/mol. The van der Waals surface area contributed by atoms with Crippen LogP contribution in [0.1, 0.15) is 85.0 Å². The molecule has 2 aromatic heterocycles. The number of fused-ring (bicyclic) bond motifs is 2. The van der Waals surface area contributed by atoms with E-state index >= 15 is 0 Å². The molecule has 0 radical (unpaired) electrons. The van der Waals surface area contributed by atoms with Gasteiger partial charge in [0.1, 0.15) is 35.2 Å². The summed E-state index contributed by atoms with van der Waals surface area (Å²) in [5, 5.41) is 3.59. The van der Waals surface area contributed by atoms with E-state index in [1.807, 2.05) is 100 Å². The van der Waals surface area contributed by atoms with Crippen LogP contribution in [0.25, 0.3) is 22.6 Å². The summed E-state index contributed by atoms with van der Waals surface area (Å²) in [5.41, 5.74) is 6.96. The van der Waals surface area contributed by atoms with Crippen molar-refractivity contribution in [1.82, 2.24) is 15.3 Å². The zero-order valence-electron chi connectivity index (χ0n) is 28.7. The predicted octanol–water partition coefficient (Wildman–Crippen LogP) is 7.87. The maximum absolute atomic E-state index is 13.7. The third-order valence-electron chi connectivity index (χ3n) is 8.40. The molecule has 0 bridgehead atoms. The van der Waals surface area contributed by atoms with Crippen LogP contribution in [0.15, 0.2) is 83.3 Å². The fourth-order valence-corrected chi connectivity index (χ4v) is 6.08. The Labute approximate surface area is 287 Å². The van der Waals surface area contributed by atoms with E-state index in [9.17, 15) is 9.59 Å². The normalized spacial score (nSPS) is 15.0. The van der Waals surface area contributed by atoms with Crippen molar-refractivity contribution in [2.45, 2.75) is 84.6 Å². The van der Waals surface area contributed by atoms with Gasteiger partial charge in [0.15, 0.2) is 5.58 Å². The van der Waals surface area contributed by atoms with Crippen LogP contribution in [0.3, 0.4) is 0 Å². The number of para-hydroxylation sites is 1. The lowest BCUT2D eigenvalue weighted by atomic mass is 9.89. The van der Waals surface area contributed by atoms with Crippen molar-refractivity contribution < 1.29 is 28.2 Å². The largest absolute Gasteiger partial charge is 0.489 e. The smallest absolute Gasteiger partial charge is 0.356 e. The van der Waals surface area contributed by atoms with Crippen LogP contribution in [0, 0.1) is 6.92 Å². The molecule has 0 saturated heterocycles. The van der Waals surface area contributed by atoms with Gasteiger partial charge in [0.05, 0.1) is 6.61 Å². The maximum atomic E-state index is 13.7. The number of nitrogens with one attached hydrogen (secondary N) is 1. The lowest BCUT2D eigenvalue weighted by molar-refractivity contribution is -0.157. The van der Waals surface area contributed by atoms with Gasteiger partial charge in [-0.15, -0.1) is 0 Å². The first-order chi connectivity index (χ1) is 23.6. The van der Waals surface area contributed by atoms with Crippen LogP contribution in [0.5, 0.6) is 5.75 Å². The molecule has 0 aliphatic heterocycles. The Morgan fingerprint density at radius 1 is 1.00 bits per heavy atom. The van der Waals surface area contributed by atoms with Gasteiger partial charge in [-0.1, -0.05) is 42.5 Å². The van der Waals surface area contributed by atoms with Gasteiger partial charge in [-0.25, -0.2) is 14.8 Å². The molecule has 0 fully saturated rings. The number of carbonyl (C=O) groups excluding carboxylic acids is 2. The molecule has 9 heteroatoms. The molecule has 0 amide bonds. The van der Waals surface area contributed by atoms with Crippen molar-refractivity contribution in [3.8, 4) is 17.2 Å². The highest BCUT2D eigenvalue weighted by molar-refractivity contribution is 5.87. The molecule has 6 rings (SSSR count). The second-order valence-corrected chi connectivity index (χ2v) is 13.4. The number of pyridine rings is 1. The number of ether oxygens (including phenoxy) is 3. The number of carbonyl (C=O) groups is 2. The monoisotopic (exact) mass is 661 g/mol. The fraction of sp³-hybridized carbons (Fsp3) is 0.350. The highest BCUT2D eigenvalue weighted by Gasteiger charge is 2.31. The Morgan fingerprint density at radius 3 is 2.57 bits per heavy atom. The van der Waals surface area contributed by atoms with Crippen LogP contribution in [-0.2, 0) is 33.7 Å². The number of hydrogen-bond acceptors (Lipinski definition) is 9. The number of aryl methyl sites for hydroxylation is 2. The van der Waals surface area contributed by atoms with E-state index in [2.05, 4.69) is 15.3 Å². The summed E-state index contributed by atoms with van der Waals surface area (Å²) in [5.74, 6) is 0.504. The molecule has 0 spiro atoms. The zero-order valence-corrected chi connectivity index (χ0v) is 28.7. The second kappa shape index (κ2) is 14.6. The molecule has 5 aromatic rings. The number of benzene rings is 3. The highest BCUT2D eigenvalue weighted by atomic mass is 16.6. The topological polar surface area (TPSA) is 113 Å². The number of aromatic nitrogens is 2. The Balaban J connectivity index is 1.18. The first-order valence-electron chi connectivity index (χ1n) is 16.9. The zero-order chi connectivity index (χ0) is 34.5. The fourth-order valence-electron chi connectivity index (χ4n) is 6.08. The summed E-state index contributed by atoms with van der Waals surface area (Å²) in [6.45, 7) is 10.0. The van der Waals surface area contributed by atoms with Crippen molar-refractivity contribution >= 4 is 23.0 Å². The van der Waals surface area contributed by atoms with Crippen LogP contribution in [0.2, 0.25) is 0 Å². The van der Waals surface area contributed by atoms with Gasteiger partial charge >= 0.3 is 11.9 Å². The van der Waals surface area contributed by atoms with Gasteiger partial charge in [0.2, 0.25) is 5.89 Å². The Morgan fingerprint density at radius 2 is 1.80 bits per heavy atom. The minimum absolute atomic E-state index is 0.137. The minimum atomic E-state index is -0.656. The third kappa shape index (κ3) is 8.35. The number of oxazole rings is 1. The van der Waals surface area contributed by atoms with Gasteiger partial charge in [0.25, 0.3) is 0 Å². The summed E-state index contributed by atoms with van der Waals surface area (Å²) < 4.78 is 23.4. The lowest BCUT2D eigenvalue weighted by Crippen LogP contribution is -2.45. The Hall–Kier alpha value is -5.02. The van der Waals surface area contributed by atoms with Gasteiger partial charge in [-0.05, 0) is 113 Å².